The van der Waals surface area contributed by atoms with Crippen molar-refractivity contribution in [1.82, 2.24) is 0 Å². The lowest BCUT2D eigenvalue weighted by molar-refractivity contribution is 0.405. The van der Waals surface area contributed by atoms with E-state index in [1.54, 1.807) is 6.07 Å². The maximum Gasteiger partial charge on any atom is 0.166 e. The fourth-order valence-electron chi connectivity index (χ4n) is 3.29. The van der Waals surface area contributed by atoms with Crippen molar-refractivity contribution in [2.75, 3.05) is 0 Å². The summed E-state index contributed by atoms with van der Waals surface area (Å²) in [6.07, 6.45) is 0. The fraction of sp³-hybridized carbons (Fsp3) is 0. The highest BCUT2D eigenvalue weighted by Gasteiger charge is 2.20. The molecule has 0 bridgehead atoms. The zero-order valence-corrected chi connectivity index (χ0v) is 14.1. The van der Waals surface area contributed by atoms with Gasteiger partial charge in [-0.3, -0.25) is 0 Å². The van der Waals surface area contributed by atoms with Crippen LogP contribution in [-0.2, 0) is 0 Å². The first-order valence-corrected chi connectivity index (χ1v) is 8.51. The van der Waals surface area contributed by atoms with E-state index in [4.69, 9.17) is 0 Å². The molecule has 2 heteroatoms. The zero-order valence-electron chi connectivity index (χ0n) is 14.1. The van der Waals surface area contributed by atoms with Crippen molar-refractivity contribution in [3.63, 3.8) is 0 Å². The Morgan fingerprint density at radius 1 is 0.462 bits per heavy atom. The van der Waals surface area contributed by atoms with Gasteiger partial charge in [0, 0.05) is 11.1 Å². The molecule has 4 rings (SSSR count). The summed E-state index contributed by atoms with van der Waals surface area (Å²) in [6, 6.07) is 31.2. The lowest BCUT2D eigenvalue weighted by atomic mass is 9.86. The van der Waals surface area contributed by atoms with Crippen LogP contribution in [0.1, 0.15) is 0 Å². The third-order valence-electron chi connectivity index (χ3n) is 4.49. The van der Waals surface area contributed by atoms with Gasteiger partial charge in [-0.2, -0.15) is 0 Å². The van der Waals surface area contributed by atoms with Gasteiger partial charge in [-0.25, -0.2) is 0 Å². The first-order valence-electron chi connectivity index (χ1n) is 8.51. The van der Waals surface area contributed by atoms with Gasteiger partial charge in [0.25, 0.3) is 0 Å². The normalized spacial score (nSPS) is 10.6. The highest BCUT2D eigenvalue weighted by Crippen LogP contribution is 2.48. The molecule has 0 heterocycles. The molecule has 4 aromatic carbocycles. The molecule has 2 N–H and O–H groups in total. The third-order valence-corrected chi connectivity index (χ3v) is 4.49. The number of phenolic OH excluding ortho intramolecular Hbond substituents is 2. The summed E-state index contributed by atoms with van der Waals surface area (Å²) < 4.78 is 0. The largest absolute Gasteiger partial charge is 0.504 e. The Hall–Kier alpha value is -3.52. The molecule has 0 saturated carbocycles. The van der Waals surface area contributed by atoms with Gasteiger partial charge in [0.15, 0.2) is 11.5 Å². The second kappa shape index (κ2) is 6.77. The zero-order chi connectivity index (χ0) is 17.9. The van der Waals surface area contributed by atoms with Gasteiger partial charge in [0.05, 0.1) is 0 Å². The van der Waals surface area contributed by atoms with Gasteiger partial charge in [-0.1, -0.05) is 91.0 Å². The van der Waals surface area contributed by atoms with Gasteiger partial charge < -0.3 is 10.2 Å². The summed E-state index contributed by atoms with van der Waals surface area (Å²) in [5.41, 5.74) is 5.25. The second-order valence-electron chi connectivity index (χ2n) is 6.14. The molecule has 126 valence electrons. The molecule has 2 nitrogen and oxygen atoms in total. The third kappa shape index (κ3) is 2.82. The minimum Gasteiger partial charge on any atom is -0.504 e. The van der Waals surface area contributed by atoms with Crippen molar-refractivity contribution in [1.29, 1.82) is 0 Å². The average molecular weight is 338 g/mol. The van der Waals surface area contributed by atoms with Crippen molar-refractivity contribution >= 4 is 0 Å². The van der Waals surface area contributed by atoms with Crippen molar-refractivity contribution in [2.24, 2.45) is 0 Å². The van der Waals surface area contributed by atoms with E-state index in [1.165, 1.54) is 0 Å². The summed E-state index contributed by atoms with van der Waals surface area (Å²) in [5.74, 6) is -0.225. The molecule has 26 heavy (non-hydrogen) atoms. The molecule has 0 atom stereocenters. The van der Waals surface area contributed by atoms with Crippen LogP contribution in [0.25, 0.3) is 33.4 Å². The van der Waals surface area contributed by atoms with E-state index in [2.05, 4.69) is 0 Å². The van der Waals surface area contributed by atoms with E-state index in [0.29, 0.717) is 5.56 Å². The molecule has 0 fully saturated rings. The molecule has 0 unspecified atom stereocenters. The number of rotatable bonds is 3. The van der Waals surface area contributed by atoms with Gasteiger partial charge in [0.1, 0.15) is 0 Å². The van der Waals surface area contributed by atoms with Gasteiger partial charge in [-0.15, -0.1) is 0 Å². The lowest BCUT2D eigenvalue weighted by Gasteiger charge is -2.18. The fourth-order valence-corrected chi connectivity index (χ4v) is 3.29. The van der Waals surface area contributed by atoms with Crippen LogP contribution >= 0.6 is 0 Å². The van der Waals surface area contributed by atoms with E-state index in [0.717, 1.165) is 27.8 Å². The Morgan fingerprint density at radius 3 is 1.38 bits per heavy atom. The molecular formula is C24H18O2. The highest BCUT2D eigenvalue weighted by atomic mass is 16.3. The van der Waals surface area contributed by atoms with Crippen molar-refractivity contribution in [2.45, 2.75) is 0 Å². The van der Waals surface area contributed by atoms with E-state index in [9.17, 15) is 10.2 Å². The van der Waals surface area contributed by atoms with Crippen LogP contribution in [0.2, 0.25) is 0 Å². The maximum absolute atomic E-state index is 10.7. The van der Waals surface area contributed by atoms with Crippen molar-refractivity contribution in [3.8, 4) is 44.9 Å². The van der Waals surface area contributed by atoms with E-state index < -0.39 is 0 Å². The van der Waals surface area contributed by atoms with Gasteiger partial charge in [-0.05, 0) is 28.3 Å². The quantitative estimate of drug-likeness (QED) is 0.443. The molecular weight excluding hydrogens is 320 g/mol. The van der Waals surface area contributed by atoms with E-state index >= 15 is 0 Å². The Balaban J connectivity index is 2.12. The van der Waals surface area contributed by atoms with Crippen LogP contribution in [0.4, 0.5) is 0 Å². The summed E-state index contributed by atoms with van der Waals surface area (Å²) in [7, 11) is 0. The number of hydrogen-bond acceptors (Lipinski definition) is 2. The molecule has 0 spiro atoms. The van der Waals surface area contributed by atoms with Crippen LogP contribution < -0.4 is 0 Å². The lowest BCUT2D eigenvalue weighted by Crippen LogP contribution is -1.92. The van der Waals surface area contributed by atoms with Crippen LogP contribution in [0, 0.1) is 0 Å². The first-order chi connectivity index (χ1) is 12.8. The van der Waals surface area contributed by atoms with Crippen LogP contribution in [0.15, 0.2) is 97.1 Å². The summed E-state index contributed by atoms with van der Waals surface area (Å²) >= 11 is 0. The molecule has 0 aromatic heterocycles. The number of benzene rings is 4. The Morgan fingerprint density at radius 2 is 0.885 bits per heavy atom. The van der Waals surface area contributed by atoms with Crippen LogP contribution in [-0.4, -0.2) is 10.2 Å². The predicted octanol–water partition coefficient (Wildman–Crippen LogP) is 6.10. The molecule has 0 aliphatic heterocycles. The maximum atomic E-state index is 10.7. The molecule has 0 amide bonds. The molecule has 0 aliphatic rings. The molecule has 0 saturated heterocycles. The van der Waals surface area contributed by atoms with Crippen molar-refractivity contribution in [3.05, 3.63) is 97.1 Å². The first kappa shape index (κ1) is 16.0. The smallest absolute Gasteiger partial charge is 0.166 e. The average Bonchev–Trinajstić information content (AvgIpc) is 2.71. The van der Waals surface area contributed by atoms with Gasteiger partial charge in [0.2, 0.25) is 0 Å². The van der Waals surface area contributed by atoms with E-state index in [1.807, 2.05) is 91.0 Å². The predicted molar refractivity (Wildman–Crippen MR) is 106 cm³/mol. The summed E-state index contributed by atoms with van der Waals surface area (Å²) in [5, 5.41) is 21.1. The minimum absolute atomic E-state index is 0.102. The van der Waals surface area contributed by atoms with Gasteiger partial charge >= 0.3 is 0 Å². The molecule has 4 aromatic rings. The van der Waals surface area contributed by atoms with Crippen molar-refractivity contribution < 1.29 is 10.2 Å². The minimum atomic E-state index is -0.123. The van der Waals surface area contributed by atoms with Crippen LogP contribution in [0.5, 0.6) is 11.5 Å². The summed E-state index contributed by atoms with van der Waals surface area (Å²) in [6.45, 7) is 0. The Labute approximate surface area is 152 Å². The molecule has 0 aliphatic carbocycles. The Kier molecular flexibility index (Phi) is 4.16. The Bertz CT molecular complexity index is 1020. The number of hydrogen-bond donors (Lipinski definition) is 2. The summed E-state index contributed by atoms with van der Waals surface area (Å²) in [4.78, 5) is 0. The highest BCUT2D eigenvalue weighted by molar-refractivity contribution is 5.98. The number of aromatic hydroxyl groups is 2. The van der Waals surface area contributed by atoms with E-state index in [-0.39, 0.29) is 11.5 Å². The second-order valence-corrected chi connectivity index (χ2v) is 6.14. The number of phenols is 2. The topological polar surface area (TPSA) is 40.5 Å². The van der Waals surface area contributed by atoms with Crippen LogP contribution in [0.3, 0.4) is 0 Å². The monoisotopic (exact) mass is 338 g/mol. The standard InChI is InChI=1S/C24H18O2/c25-21-16-20(17-10-4-1-5-11-17)22(18-12-6-2-7-13-18)23(24(21)26)19-14-8-3-9-15-19/h1-16,25-26H. The SMILES string of the molecule is Oc1cc(-c2ccccc2)c(-c2ccccc2)c(-c2ccccc2)c1O. The molecule has 0 radical (unpaired) electrons.